The van der Waals surface area contributed by atoms with Crippen LogP contribution in [0.5, 0.6) is 0 Å². The summed E-state index contributed by atoms with van der Waals surface area (Å²) >= 11 is 1.84. The average Bonchev–Trinajstić information content (AvgIpc) is 2.82. The summed E-state index contributed by atoms with van der Waals surface area (Å²) in [7, 11) is 4.15. The molecule has 1 fully saturated rings. The number of benzene rings is 1. The number of thioether (sulfide) groups is 1. The molecule has 0 saturated carbocycles. The highest BCUT2D eigenvalue weighted by molar-refractivity contribution is 7.99. The molecular formula is C14H18FN3S. The van der Waals surface area contributed by atoms with Crippen molar-refractivity contribution in [3.63, 3.8) is 0 Å². The Morgan fingerprint density at radius 2 is 2.16 bits per heavy atom. The molecule has 0 amide bonds. The molecule has 1 saturated heterocycles. The minimum absolute atomic E-state index is 0.356. The van der Waals surface area contributed by atoms with Crippen molar-refractivity contribution >= 4 is 17.4 Å². The molecular weight excluding hydrogens is 261 g/mol. The molecule has 3 nitrogen and oxygen atoms in total. The van der Waals surface area contributed by atoms with Gasteiger partial charge in [-0.25, -0.2) is 4.39 Å². The fraction of sp³-hybridized carbons (Fsp3) is 0.500. The Hall–Kier alpha value is -1.25. The number of rotatable bonds is 3. The molecule has 0 aromatic heterocycles. The van der Waals surface area contributed by atoms with Gasteiger partial charge in [0, 0.05) is 24.4 Å². The predicted molar refractivity (Wildman–Crippen MR) is 78.1 cm³/mol. The van der Waals surface area contributed by atoms with Gasteiger partial charge in [-0.15, -0.1) is 0 Å². The number of likely N-dealkylation sites (N-methyl/N-ethyl adjacent to an activating group) is 1. The molecule has 1 aliphatic heterocycles. The molecule has 19 heavy (non-hydrogen) atoms. The highest BCUT2D eigenvalue weighted by Crippen LogP contribution is 2.30. The van der Waals surface area contributed by atoms with Crippen LogP contribution in [0.15, 0.2) is 18.2 Å². The van der Waals surface area contributed by atoms with Crippen LogP contribution in [0.3, 0.4) is 0 Å². The number of anilines is 1. The van der Waals surface area contributed by atoms with Crippen LogP contribution >= 0.6 is 11.8 Å². The second-order valence-corrected chi connectivity index (χ2v) is 6.06. The number of hydrogen-bond donors (Lipinski definition) is 0. The third kappa shape index (κ3) is 2.85. The van der Waals surface area contributed by atoms with Crippen LogP contribution in [0.4, 0.5) is 10.1 Å². The zero-order chi connectivity index (χ0) is 14.0. The van der Waals surface area contributed by atoms with Crippen LogP contribution in [0.1, 0.15) is 5.56 Å². The van der Waals surface area contributed by atoms with E-state index in [1.54, 1.807) is 6.07 Å². The van der Waals surface area contributed by atoms with Crippen molar-refractivity contribution < 1.29 is 4.39 Å². The minimum atomic E-state index is -0.356. The molecule has 2 atom stereocenters. The van der Waals surface area contributed by atoms with Crippen LogP contribution in [0.25, 0.3) is 0 Å². The van der Waals surface area contributed by atoms with Crippen molar-refractivity contribution in [1.29, 1.82) is 5.26 Å². The first kappa shape index (κ1) is 14.2. The smallest absolute Gasteiger partial charge is 0.124 e. The average molecular weight is 279 g/mol. The van der Waals surface area contributed by atoms with E-state index < -0.39 is 0 Å². The van der Waals surface area contributed by atoms with Crippen molar-refractivity contribution in [1.82, 2.24) is 4.90 Å². The van der Waals surface area contributed by atoms with Crippen LogP contribution in [0, 0.1) is 17.1 Å². The van der Waals surface area contributed by atoms with E-state index in [1.165, 1.54) is 12.1 Å². The molecule has 102 valence electrons. The third-order valence-corrected chi connectivity index (χ3v) is 4.69. The number of halogens is 1. The summed E-state index contributed by atoms with van der Waals surface area (Å²) in [6.07, 6.45) is 2.11. The second-order valence-electron chi connectivity index (χ2n) is 4.98. The first-order valence-electron chi connectivity index (χ1n) is 6.20. The molecule has 0 spiro atoms. The van der Waals surface area contributed by atoms with Gasteiger partial charge in [-0.1, -0.05) is 0 Å². The summed E-state index contributed by atoms with van der Waals surface area (Å²) in [6, 6.07) is 6.99. The van der Waals surface area contributed by atoms with Gasteiger partial charge in [-0.2, -0.15) is 17.0 Å². The fourth-order valence-corrected chi connectivity index (χ4v) is 3.53. The maximum Gasteiger partial charge on any atom is 0.124 e. The zero-order valence-corrected chi connectivity index (χ0v) is 12.2. The van der Waals surface area contributed by atoms with E-state index in [1.807, 2.05) is 11.8 Å². The van der Waals surface area contributed by atoms with E-state index in [-0.39, 0.29) is 5.82 Å². The zero-order valence-electron chi connectivity index (χ0n) is 11.4. The third-order valence-electron chi connectivity index (χ3n) is 3.62. The van der Waals surface area contributed by atoms with Crippen LogP contribution in [-0.4, -0.2) is 49.6 Å². The van der Waals surface area contributed by atoms with Gasteiger partial charge in [0.15, 0.2) is 0 Å². The first-order valence-corrected chi connectivity index (χ1v) is 7.49. The van der Waals surface area contributed by atoms with Crippen molar-refractivity contribution in [3.8, 4) is 6.07 Å². The number of nitrogens with zero attached hydrogens (tertiary/aromatic N) is 3. The van der Waals surface area contributed by atoms with Crippen LogP contribution in [0.2, 0.25) is 0 Å². The van der Waals surface area contributed by atoms with Gasteiger partial charge in [0.05, 0.1) is 11.3 Å². The summed E-state index contributed by atoms with van der Waals surface area (Å²) < 4.78 is 13.2. The summed E-state index contributed by atoms with van der Waals surface area (Å²) in [5, 5.41) is 9.65. The van der Waals surface area contributed by atoms with Gasteiger partial charge in [0.25, 0.3) is 0 Å². The van der Waals surface area contributed by atoms with Gasteiger partial charge in [0.2, 0.25) is 0 Å². The molecule has 5 heteroatoms. The Morgan fingerprint density at radius 1 is 1.42 bits per heavy atom. The van der Waals surface area contributed by atoms with E-state index in [2.05, 4.69) is 36.2 Å². The largest absolute Gasteiger partial charge is 0.368 e. The first-order chi connectivity index (χ1) is 9.06. The van der Waals surface area contributed by atoms with Gasteiger partial charge < -0.3 is 9.80 Å². The van der Waals surface area contributed by atoms with E-state index in [4.69, 9.17) is 5.26 Å². The van der Waals surface area contributed by atoms with Crippen LogP contribution in [-0.2, 0) is 0 Å². The normalized spacial score (nSPS) is 22.8. The molecule has 0 bridgehead atoms. The van der Waals surface area contributed by atoms with Crippen molar-refractivity contribution in [2.45, 2.75) is 11.3 Å². The molecule has 1 heterocycles. The van der Waals surface area contributed by atoms with Gasteiger partial charge in [-0.05, 0) is 38.6 Å². The molecule has 0 radical (unpaired) electrons. The Morgan fingerprint density at radius 3 is 2.68 bits per heavy atom. The Bertz CT molecular complexity index is 498. The highest BCUT2D eigenvalue weighted by atomic mass is 32.2. The minimum Gasteiger partial charge on any atom is -0.368 e. The lowest BCUT2D eigenvalue weighted by atomic mass is 10.1. The van der Waals surface area contributed by atoms with Crippen LogP contribution < -0.4 is 4.90 Å². The maximum atomic E-state index is 13.2. The summed E-state index contributed by atoms with van der Waals surface area (Å²) in [6.45, 7) is 1.77. The fourth-order valence-electron chi connectivity index (χ4n) is 2.55. The molecule has 1 aromatic rings. The van der Waals surface area contributed by atoms with E-state index >= 15 is 0 Å². The molecule has 2 unspecified atom stereocenters. The van der Waals surface area contributed by atoms with E-state index in [0.29, 0.717) is 16.9 Å². The summed E-state index contributed by atoms with van der Waals surface area (Å²) in [4.78, 5) is 4.40. The van der Waals surface area contributed by atoms with E-state index in [0.717, 1.165) is 18.8 Å². The highest BCUT2D eigenvalue weighted by Gasteiger charge is 2.34. The Kier molecular flexibility index (Phi) is 4.33. The van der Waals surface area contributed by atoms with Gasteiger partial charge in [0.1, 0.15) is 11.9 Å². The summed E-state index contributed by atoms with van der Waals surface area (Å²) in [5.74, 6) is -0.356. The predicted octanol–water partition coefficient (Wildman–Crippen LogP) is 2.18. The molecule has 0 aliphatic carbocycles. The lowest BCUT2D eigenvalue weighted by Crippen LogP contribution is -2.36. The Labute approximate surface area is 118 Å². The quantitative estimate of drug-likeness (QED) is 0.848. The SMILES string of the molecule is CSC1CN(c2ccc(F)cc2C#N)CC1N(C)C. The molecule has 2 rings (SSSR count). The van der Waals surface area contributed by atoms with Crippen molar-refractivity contribution in [2.75, 3.05) is 38.3 Å². The monoisotopic (exact) mass is 279 g/mol. The number of hydrogen-bond acceptors (Lipinski definition) is 4. The maximum absolute atomic E-state index is 13.2. The molecule has 1 aliphatic rings. The standard InChI is InChI=1S/C14H18FN3S/c1-17(2)13-8-18(9-14(13)19-3)12-5-4-11(15)6-10(12)7-16/h4-6,13-14H,8-9H2,1-3H3. The van der Waals surface area contributed by atoms with E-state index in [9.17, 15) is 4.39 Å². The lowest BCUT2D eigenvalue weighted by Gasteiger charge is -2.23. The topological polar surface area (TPSA) is 30.3 Å². The Balaban J connectivity index is 2.27. The number of nitriles is 1. The van der Waals surface area contributed by atoms with Crippen molar-refractivity contribution in [2.24, 2.45) is 0 Å². The lowest BCUT2D eigenvalue weighted by molar-refractivity contribution is 0.320. The second kappa shape index (κ2) is 5.81. The molecule has 1 aromatic carbocycles. The van der Waals surface area contributed by atoms with Gasteiger partial charge in [-0.3, -0.25) is 0 Å². The summed E-state index contributed by atoms with van der Waals surface area (Å²) in [5.41, 5.74) is 1.26. The van der Waals surface area contributed by atoms with Crippen molar-refractivity contribution in [3.05, 3.63) is 29.6 Å². The molecule has 0 N–H and O–H groups in total. The van der Waals surface area contributed by atoms with Gasteiger partial charge >= 0.3 is 0 Å².